The minimum Gasteiger partial charge on any atom is -0.381 e. The Morgan fingerprint density at radius 1 is 0.882 bits per heavy atom. The van der Waals surface area contributed by atoms with Crippen LogP contribution in [0.5, 0.6) is 0 Å². The molecule has 1 saturated heterocycles. The van der Waals surface area contributed by atoms with Gasteiger partial charge in [-0.25, -0.2) is 0 Å². The highest BCUT2D eigenvalue weighted by molar-refractivity contribution is 5.83. The molecule has 3 aliphatic rings. The van der Waals surface area contributed by atoms with Gasteiger partial charge in [0, 0.05) is 18.4 Å². The first-order chi connectivity index (χ1) is 8.34. The Hall–Kier alpha value is -0.370. The Bertz CT molecular complexity index is 281. The lowest BCUT2D eigenvalue weighted by Gasteiger charge is -2.39. The SMILES string of the molecule is O=C(C1CCOC1)C1CCC2CCCCC2C1. The first-order valence-electron chi connectivity index (χ1n) is 7.46. The molecule has 1 aliphatic heterocycles. The highest BCUT2D eigenvalue weighted by atomic mass is 16.5. The van der Waals surface area contributed by atoms with E-state index in [4.69, 9.17) is 4.74 Å². The lowest BCUT2D eigenvalue weighted by Crippen LogP contribution is -2.34. The summed E-state index contributed by atoms with van der Waals surface area (Å²) in [6, 6.07) is 0. The molecule has 0 aromatic rings. The van der Waals surface area contributed by atoms with Gasteiger partial charge in [0.05, 0.1) is 6.61 Å². The van der Waals surface area contributed by atoms with Gasteiger partial charge < -0.3 is 4.74 Å². The zero-order valence-corrected chi connectivity index (χ0v) is 10.7. The van der Waals surface area contributed by atoms with Gasteiger partial charge in [0.15, 0.2) is 0 Å². The largest absolute Gasteiger partial charge is 0.381 e. The molecule has 0 N–H and O–H groups in total. The summed E-state index contributed by atoms with van der Waals surface area (Å²) >= 11 is 0. The lowest BCUT2D eigenvalue weighted by molar-refractivity contribution is -0.129. The summed E-state index contributed by atoms with van der Waals surface area (Å²) in [5, 5.41) is 0. The molecule has 2 saturated carbocycles. The average molecular weight is 236 g/mol. The summed E-state index contributed by atoms with van der Waals surface area (Å²) in [4.78, 5) is 12.4. The number of hydrogen-bond donors (Lipinski definition) is 0. The van der Waals surface area contributed by atoms with Gasteiger partial charge in [0.2, 0.25) is 0 Å². The van der Waals surface area contributed by atoms with Crippen LogP contribution in [0.25, 0.3) is 0 Å². The average Bonchev–Trinajstić information content (AvgIpc) is 2.91. The number of rotatable bonds is 2. The van der Waals surface area contributed by atoms with Crippen molar-refractivity contribution in [2.24, 2.45) is 23.7 Å². The maximum atomic E-state index is 12.4. The van der Waals surface area contributed by atoms with Gasteiger partial charge in [-0.15, -0.1) is 0 Å². The molecule has 3 fully saturated rings. The summed E-state index contributed by atoms with van der Waals surface area (Å²) in [7, 11) is 0. The predicted octanol–water partition coefficient (Wildman–Crippen LogP) is 3.20. The van der Waals surface area contributed by atoms with E-state index >= 15 is 0 Å². The first-order valence-corrected chi connectivity index (χ1v) is 7.46. The van der Waals surface area contributed by atoms with E-state index in [1.54, 1.807) is 0 Å². The molecule has 4 unspecified atom stereocenters. The third-order valence-electron chi connectivity index (χ3n) is 5.27. The van der Waals surface area contributed by atoms with Gasteiger partial charge in [-0.05, 0) is 37.5 Å². The molecule has 0 bridgehead atoms. The van der Waals surface area contributed by atoms with Crippen LogP contribution in [-0.2, 0) is 9.53 Å². The van der Waals surface area contributed by atoms with E-state index in [2.05, 4.69) is 0 Å². The minimum atomic E-state index is 0.236. The standard InChI is InChI=1S/C15H24O2/c16-15(14-7-8-17-10-14)13-6-5-11-3-1-2-4-12(11)9-13/h11-14H,1-10H2. The minimum absolute atomic E-state index is 0.236. The molecule has 96 valence electrons. The Morgan fingerprint density at radius 3 is 2.47 bits per heavy atom. The Kier molecular flexibility index (Phi) is 3.51. The molecule has 0 aromatic heterocycles. The normalized spacial score (nSPS) is 42.1. The molecule has 17 heavy (non-hydrogen) atoms. The van der Waals surface area contributed by atoms with Crippen molar-refractivity contribution in [1.82, 2.24) is 0 Å². The fourth-order valence-corrected chi connectivity index (χ4v) is 4.22. The maximum Gasteiger partial charge on any atom is 0.141 e. The quantitative estimate of drug-likeness (QED) is 0.736. The van der Waals surface area contributed by atoms with Crippen LogP contribution in [0, 0.1) is 23.7 Å². The van der Waals surface area contributed by atoms with Crippen LogP contribution in [-0.4, -0.2) is 19.0 Å². The molecule has 2 aliphatic carbocycles. The van der Waals surface area contributed by atoms with Crippen molar-refractivity contribution in [2.45, 2.75) is 51.4 Å². The van der Waals surface area contributed by atoms with E-state index in [0.717, 1.165) is 31.3 Å². The summed E-state index contributed by atoms with van der Waals surface area (Å²) < 4.78 is 5.35. The van der Waals surface area contributed by atoms with Crippen LogP contribution < -0.4 is 0 Å². The van der Waals surface area contributed by atoms with Gasteiger partial charge in [-0.2, -0.15) is 0 Å². The van der Waals surface area contributed by atoms with Crippen molar-refractivity contribution in [2.75, 3.05) is 13.2 Å². The molecule has 0 spiro atoms. The van der Waals surface area contributed by atoms with Gasteiger partial charge in [0.25, 0.3) is 0 Å². The fourth-order valence-electron chi connectivity index (χ4n) is 4.22. The first kappa shape index (κ1) is 11.7. The van der Waals surface area contributed by atoms with Crippen LogP contribution in [0.2, 0.25) is 0 Å². The monoisotopic (exact) mass is 236 g/mol. The van der Waals surface area contributed by atoms with Crippen LogP contribution in [0.15, 0.2) is 0 Å². The van der Waals surface area contributed by atoms with E-state index in [-0.39, 0.29) is 5.92 Å². The van der Waals surface area contributed by atoms with Gasteiger partial charge in [-0.1, -0.05) is 25.7 Å². The van der Waals surface area contributed by atoms with Crippen molar-refractivity contribution in [1.29, 1.82) is 0 Å². The van der Waals surface area contributed by atoms with E-state index in [1.165, 1.54) is 38.5 Å². The number of ketones is 1. The molecule has 0 aromatic carbocycles. The number of fused-ring (bicyclic) bond motifs is 1. The van der Waals surface area contributed by atoms with E-state index in [1.807, 2.05) is 0 Å². The molecule has 4 atom stereocenters. The van der Waals surface area contributed by atoms with Gasteiger partial charge in [0.1, 0.15) is 5.78 Å². The lowest BCUT2D eigenvalue weighted by atomic mass is 9.66. The zero-order valence-electron chi connectivity index (χ0n) is 10.7. The van der Waals surface area contributed by atoms with Crippen molar-refractivity contribution < 1.29 is 9.53 Å². The van der Waals surface area contributed by atoms with E-state index < -0.39 is 0 Å². The third kappa shape index (κ3) is 2.42. The number of carbonyl (C=O) groups excluding carboxylic acids is 1. The van der Waals surface area contributed by atoms with Crippen LogP contribution in [0.3, 0.4) is 0 Å². The Labute approximate surface area is 104 Å². The topological polar surface area (TPSA) is 26.3 Å². The van der Waals surface area contributed by atoms with Crippen molar-refractivity contribution in [3.63, 3.8) is 0 Å². The molecule has 3 rings (SSSR count). The van der Waals surface area contributed by atoms with Gasteiger partial charge in [-0.3, -0.25) is 4.79 Å². The second-order valence-corrected chi connectivity index (χ2v) is 6.28. The van der Waals surface area contributed by atoms with Crippen LogP contribution in [0.4, 0.5) is 0 Å². The summed E-state index contributed by atoms with van der Waals surface area (Å²) in [5.41, 5.74) is 0. The molecule has 0 amide bonds. The molecule has 2 heteroatoms. The zero-order chi connectivity index (χ0) is 11.7. The fraction of sp³-hybridized carbons (Fsp3) is 0.933. The second kappa shape index (κ2) is 5.09. The number of ether oxygens (including phenoxy) is 1. The molecule has 0 radical (unpaired) electrons. The molecule has 1 heterocycles. The number of Topliss-reactive ketones (excluding diaryl/α,β-unsaturated/α-hetero) is 1. The Morgan fingerprint density at radius 2 is 1.71 bits per heavy atom. The van der Waals surface area contributed by atoms with Crippen molar-refractivity contribution >= 4 is 5.78 Å². The summed E-state index contributed by atoms with van der Waals surface area (Å²) in [5.74, 6) is 2.97. The number of carbonyl (C=O) groups is 1. The highest BCUT2D eigenvalue weighted by Crippen LogP contribution is 2.43. The molecular weight excluding hydrogens is 212 g/mol. The number of hydrogen-bond acceptors (Lipinski definition) is 2. The van der Waals surface area contributed by atoms with Crippen LogP contribution in [0.1, 0.15) is 51.4 Å². The predicted molar refractivity (Wildman–Crippen MR) is 66.7 cm³/mol. The maximum absolute atomic E-state index is 12.4. The molecular formula is C15H24O2. The summed E-state index contributed by atoms with van der Waals surface area (Å²) in [6.45, 7) is 1.50. The van der Waals surface area contributed by atoms with Crippen LogP contribution >= 0.6 is 0 Å². The highest BCUT2D eigenvalue weighted by Gasteiger charge is 2.37. The van der Waals surface area contributed by atoms with Gasteiger partial charge >= 0.3 is 0 Å². The Balaban J connectivity index is 1.59. The second-order valence-electron chi connectivity index (χ2n) is 6.28. The summed E-state index contributed by atoms with van der Waals surface area (Å²) in [6.07, 6.45) is 10.3. The third-order valence-corrected chi connectivity index (χ3v) is 5.27. The molecule has 2 nitrogen and oxygen atoms in total. The van der Waals surface area contributed by atoms with E-state index in [9.17, 15) is 4.79 Å². The van der Waals surface area contributed by atoms with Crippen molar-refractivity contribution in [3.8, 4) is 0 Å². The smallest absolute Gasteiger partial charge is 0.141 e. The van der Waals surface area contributed by atoms with E-state index in [0.29, 0.717) is 18.3 Å². The van der Waals surface area contributed by atoms with Crippen molar-refractivity contribution in [3.05, 3.63) is 0 Å².